The van der Waals surface area contributed by atoms with Gasteiger partial charge in [-0.15, -0.1) is 10.2 Å². The fraction of sp³-hybridized carbons (Fsp3) is 0. The lowest BCUT2D eigenvalue weighted by Crippen LogP contribution is -2.07. The number of hydrogen-bond acceptors (Lipinski definition) is 3. The van der Waals surface area contributed by atoms with Gasteiger partial charge in [0.25, 0.3) is 5.56 Å². The molecule has 0 bridgehead atoms. The Kier molecular flexibility index (Phi) is 1.90. The third kappa shape index (κ3) is 1.34. The molecule has 0 radical (unpaired) electrons. The van der Waals surface area contributed by atoms with Crippen molar-refractivity contribution in [2.45, 2.75) is 0 Å². The molecule has 0 aromatic heterocycles. The Hall–Kier alpha value is -2.29. The van der Waals surface area contributed by atoms with Crippen LogP contribution in [0.5, 0.6) is 0 Å². The van der Waals surface area contributed by atoms with Crippen LogP contribution in [0.1, 0.15) is 0 Å². The lowest BCUT2D eigenvalue weighted by Gasteiger charge is -1.99. The van der Waals surface area contributed by atoms with Crippen molar-refractivity contribution in [1.82, 2.24) is 10.2 Å². The summed E-state index contributed by atoms with van der Waals surface area (Å²) in [7, 11) is 0. The molecule has 0 spiro atoms. The predicted octanol–water partition coefficient (Wildman–Crippen LogP) is 2.09. The standard InChI is InChI=1S/C13H8N2O/c16-12-8-10-6-3-5-9-4-1-2-7-11(9)13(10)15-14-12/h1-8H. The molecule has 0 saturated carbocycles. The first-order valence-corrected chi connectivity index (χ1v) is 5.00. The fourth-order valence-electron chi connectivity index (χ4n) is 1.84. The summed E-state index contributed by atoms with van der Waals surface area (Å²) in [5.74, 6) is 0. The molecule has 0 N–H and O–H groups in total. The topological polar surface area (TPSA) is 42.9 Å². The molecule has 0 fully saturated rings. The summed E-state index contributed by atoms with van der Waals surface area (Å²) in [6, 6.07) is 15.2. The molecule has 16 heavy (non-hydrogen) atoms. The zero-order valence-corrected chi connectivity index (χ0v) is 8.42. The normalized spacial score (nSPS) is 10.8. The van der Waals surface area contributed by atoms with Crippen LogP contribution in [0.2, 0.25) is 0 Å². The first-order valence-electron chi connectivity index (χ1n) is 5.00. The van der Waals surface area contributed by atoms with Crippen molar-refractivity contribution in [3.63, 3.8) is 0 Å². The molecular weight excluding hydrogens is 200 g/mol. The highest BCUT2D eigenvalue weighted by atomic mass is 16.1. The van der Waals surface area contributed by atoms with Crippen LogP contribution >= 0.6 is 0 Å². The molecule has 0 amide bonds. The van der Waals surface area contributed by atoms with Gasteiger partial charge in [0.2, 0.25) is 0 Å². The van der Waals surface area contributed by atoms with E-state index in [1.807, 2.05) is 42.5 Å². The average Bonchev–Trinajstić information content (AvgIpc) is 2.47. The monoisotopic (exact) mass is 208 g/mol. The fourth-order valence-corrected chi connectivity index (χ4v) is 1.84. The molecule has 3 rings (SSSR count). The van der Waals surface area contributed by atoms with Gasteiger partial charge in [-0.2, -0.15) is 0 Å². The summed E-state index contributed by atoms with van der Waals surface area (Å²) in [5, 5.41) is 9.66. The second-order valence-electron chi connectivity index (χ2n) is 3.60. The molecule has 1 aromatic rings. The highest BCUT2D eigenvalue weighted by Crippen LogP contribution is 2.24. The first kappa shape index (κ1) is 8.97. The van der Waals surface area contributed by atoms with Gasteiger partial charge >= 0.3 is 0 Å². The largest absolute Gasteiger partial charge is 0.288 e. The van der Waals surface area contributed by atoms with Crippen molar-refractivity contribution in [3.8, 4) is 11.3 Å². The molecule has 0 saturated heterocycles. The van der Waals surface area contributed by atoms with Gasteiger partial charge < -0.3 is 0 Å². The maximum absolute atomic E-state index is 11.1. The van der Waals surface area contributed by atoms with Crippen molar-refractivity contribution < 1.29 is 0 Å². The second-order valence-corrected chi connectivity index (χ2v) is 3.60. The van der Waals surface area contributed by atoms with Gasteiger partial charge in [0.1, 0.15) is 5.69 Å². The lowest BCUT2D eigenvalue weighted by atomic mass is 10.1. The van der Waals surface area contributed by atoms with Gasteiger partial charge in [-0.1, -0.05) is 42.5 Å². The Bertz CT molecular complexity index is 694. The molecule has 1 aliphatic carbocycles. The summed E-state index contributed by atoms with van der Waals surface area (Å²) >= 11 is 0. The maximum atomic E-state index is 11.1. The minimum absolute atomic E-state index is 0.303. The number of nitrogens with zero attached hydrogens (tertiary/aromatic N) is 2. The van der Waals surface area contributed by atoms with E-state index in [2.05, 4.69) is 10.2 Å². The SMILES string of the molecule is O=c1cc2cccc3ccccc3c-2nn1. The number of benzene rings is 1. The van der Waals surface area contributed by atoms with Crippen LogP contribution in [0.4, 0.5) is 0 Å². The molecule has 3 heteroatoms. The van der Waals surface area contributed by atoms with E-state index >= 15 is 0 Å². The zero-order valence-electron chi connectivity index (χ0n) is 8.42. The van der Waals surface area contributed by atoms with E-state index in [1.54, 1.807) is 0 Å². The van der Waals surface area contributed by atoms with E-state index in [-0.39, 0.29) is 5.56 Å². The quantitative estimate of drug-likeness (QED) is 0.568. The summed E-state index contributed by atoms with van der Waals surface area (Å²) in [6.45, 7) is 0. The highest BCUT2D eigenvalue weighted by Gasteiger charge is 2.06. The number of aromatic nitrogens is 2. The van der Waals surface area contributed by atoms with Gasteiger partial charge in [0.05, 0.1) is 0 Å². The minimum Gasteiger partial charge on any atom is -0.266 e. The molecule has 2 aliphatic rings. The van der Waals surface area contributed by atoms with Gasteiger partial charge in [-0.05, 0) is 5.39 Å². The van der Waals surface area contributed by atoms with Gasteiger partial charge in [0.15, 0.2) is 0 Å². The van der Waals surface area contributed by atoms with Crippen LogP contribution in [0.25, 0.3) is 22.0 Å². The number of fused-ring (bicyclic) bond motifs is 3. The Labute approximate surface area is 91.7 Å². The van der Waals surface area contributed by atoms with Crippen molar-refractivity contribution in [2.75, 3.05) is 0 Å². The van der Waals surface area contributed by atoms with E-state index in [9.17, 15) is 4.79 Å². The molecule has 0 atom stereocenters. The summed E-state index contributed by atoms with van der Waals surface area (Å²) in [6.07, 6.45) is 0. The molecular formula is C13H8N2O. The Balaban J connectivity index is 2.56. The lowest BCUT2D eigenvalue weighted by molar-refractivity contribution is 0.999. The second kappa shape index (κ2) is 3.38. The highest BCUT2D eigenvalue weighted by molar-refractivity contribution is 5.94. The van der Waals surface area contributed by atoms with E-state index in [4.69, 9.17) is 0 Å². The Morgan fingerprint density at radius 3 is 2.62 bits per heavy atom. The predicted molar refractivity (Wildman–Crippen MR) is 62.4 cm³/mol. The van der Waals surface area contributed by atoms with Gasteiger partial charge in [0, 0.05) is 17.0 Å². The van der Waals surface area contributed by atoms with Gasteiger partial charge in [-0.3, -0.25) is 4.79 Å². The van der Waals surface area contributed by atoms with Crippen LogP contribution in [-0.2, 0) is 0 Å². The van der Waals surface area contributed by atoms with Crippen molar-refractivity contribution in [2.24, 2.45) is 0 Å². The zero-order chi connectivity index (χ0) is 11.0. The summed E-state index contributed by atoms with van der Waals surface area (Å²) in [5.41, 5.74) is 1.28. The molecule has 1 heterocycles. The van der Waals surface area contributed by atoms with E-state index in [1.165, 1.54) is 6.07 Å². The number of rotatable bonds is 0. The Morgan fingerprint density at radius 1 is 0.875 bits per heavy atom. The molecule has 1 aromatic carbocycles. The molecule has 76 valence electrons. The van der Waals surface area contributed by atoms with E-state index in [0.717, 1.165) is 22.0 Å². The average molecular weight is 208 g/mol. The Morgan fingerprint density at radius 2 is 1.69 bits per heavy atom. The molecule has 3 nitrogen and oxygen atoms in total. The van der Waals surface area contributed by atoms with Crippen LogP contribution in [-0.4, -0.2) is 10.2 Å². The van der Waals surface area contributed by atoms with Crippen molar-refractivity contribution >= 4 is 10.8 Å². The van der Waals surface area contributed by atoms with Crippen LogP contribution in [0.3, 0.4) is 0 Å². The van der Waals surface area contributed by atoms with Crippen LogP contribution in [0, 0.1) is 0 Å². The smallest absolute Gasteiger partial charge is 0.266 e. The molecule has 1 aliphatic heterocycles. The minimum atomic E-state index is -0.303. The van der Waals surface area contributed by atoms with Crippen LogP contribution in [0.15, 0.2) is 53.3 Å². The molecule has 0 unspecified atom stereocenters. The maximum Gasteiger partial charge on any atom is 0.288 e. The third-order valence-corrected chi connectivity index (χ3v) is 2.57. The van der Waals surface area contributed by atoms with Crippen molar-refractivity contribution in [1.29, 1.82) is 0 Å². The van der Waals surface area contributed by atoms with Gasteiger partial charge in [-0.25, -0.2) is 0 Å². The van der Waals surface area contributed by atoms with Crippen LogP contribution < -0.4 is 5.56 Å². The van der Waals surface area contributed by atoms with E-state index < -0.39 is 0 Å². The first-order chi connectivity index (χ1) is 7.84. The third-order valence-electron chi connectivity index (χ3n) is 2.57. The van der Waals surface area contributed by atoms with Crippen molar-refractivity contribution in [3.05, 3.63) is 58.9 Å². The summed E-state index contributed by atoms with van der Waals surface area (Å²) in [4.78, 5) is 11.1. The number of hydrogen-bond donors (Lipinski definition) is 0. The van der Waals surface area contributed by atoms with E-state index in [0.29, 0.717) is 0 Å². The summed E-state index contributed by atoms with van der Waals surface area (Å²) < 4.78 is 0.